The zero-order valence-electron chi connectivity index (χ0n) is 19.9. The van der Waals surface area contributed by atoms with Gasteiger partial charge in [-0.25, -0.2) is 4.98 Å². The Morgan fingerprint density at radius 1 is 1.21 bits per heavy atom. The van der Waals surface area contributed by atoms with Crippen molar-refractivity contribution in [1.82, 2.24) is 15.6 Å². The van der Waals surface area contributed by atoms with Crippen LogP contribution in [-0.4, -0.2) is 62.5 Å². The van der Waals surface area contributed by atoms with Crippen molar-refractivity contribution in [2.75, 3.05) is 45.3 Å². The predicted octanol–water partition coefficient (Wildman–Crippen LogP) is 3.28. The number of piperidine rings is 1. The molecule has 1 aromatic carbocycles. The highest BCUT2D eigenvalue weighted by atomic mass is 127. The van der Waals surface area contributed by atoms with E-state index in [-0.39, 0.29) is 30.5 Å². The Morgan fingerprint density at radius 2 is 1.97 bits per heavy atom. The summed E-state index contributed by atoms with van der Waals surface area (Å²) in [4.78, 5) is 11.5. The Balaban J connectivity index is 0.00000385. The van der Waals surface area contributed by atoms with Gasteiger partial charge in [0.25, 0.3) is 0 Å². The molecule has 3 N–H and O–H groups in total. The number of ether oxygens (including phenoxy) is 2. The molecule has 1 aliphatic rings. The Morgan fingerprint density at radius 3 is 2.58 bits per heavy atom. The van der Waals surface area contributed by atoms with Crippen LogP contribution >= 0.6 is 24.0 Å². The minimum Gasteiger partial charge on any atom is -0.497 e. The molecule has 1 aromatic heterocycles. The smallest absolute Gasteiger partial charge is 0.191 e. The SMILES string of the molecule is CCNC(=NCC(O)c1cc(OC)ccc1OC)NC1CCN(c2ccc(C)cn2)CC1.I. The summed E-state index contributed by atoms with van der Waals surface area (Å²) in [5.74, 6) is 3.03. The highest BCUT2D eigenvalue weighted by Crippen LogP contribution is 2.29. The molecule has 0 amide bonds. The lowest BCUT2D eigenvalue weighted by molar-refractivity contribution is 0.182. The lowest BCUT2D eigenvalue weighted by atomic mass is 10.1. The van der Waals surface area contributed by atoms with Crippen LogP contribution in [-0.2, 0) is 0 Å². The van der Waals surface area contributed by atoms with E-state index in [1.165, 1.54) is 5.56 Å². The van der Waals surface area contributed by atoms with E-state index in [9.17, 15) is 5.11 Å². The van der Waals surface area contributed by atoms with Crippen molar-refractivity contribution >= 4 is 35.8 Å². The van der Waals surface area contributed by atoms with Gasteiger partial charge in [0.15, 0.2) is 5.96 Å². The Labute approximate surface area is 213 Å². The van der Waals surface area contributed by atoms with Crippen LogP contribution in [0.5, 0.6) is 11.5 Å². The van der Waals surface area contributed by atoms with E-state index >= 15 is 0 Å². The van der Waals surface area contributed by atoms with Gasteiger partial charge < -0.3 is 30.1 Å². The number of pyridine rings is 1. The number of guanidine groups is 1. The molecule has 1 aliphatic heterocycles. The lowest BCUT2D eigenvalue weighted by Gasteiger charge is -2.34. The average molecular weight is 569 g/mol. The monoisotopic (exact) mass is 569 g/mol. The van der Waals surface area contributed by atoms with Crippen LogP contribution in [0.3, 0.4) is 0 Å². The van der Waals surface area contributed by atoms with Crippen LogP contribution in [0, 0.1) is 6.92 Å². The van der Waals surface area contributed by atoms with Gasteiger partial charge in [0, 0.05) is 37.4 Å². The minimum absolute atomic E-state index is 0. The fraction of sp³-hybridized carbons (Fsp3) is 0.500. The first-order valence-corrected chi connectivity index (χ1v) is 11.2. The summed E-state index contributed by atoms with van der Waals surface area (Å²) in [5.41, 5.74) is 1.83. The number of benzene rings is 1. The van der Waals surface area contributed by atoms with E-state index in [0.717, 1.165) is 38.3 Å². The second kappa shape index (κ2) is 13.4. The van der Waals surface area contributed by atoms with E-state index in [4.69, 9.17) is 9.47 Å². The summed E-state index contributed by atoms with van der Waals surface area (Å²) in [5, 5.41) is 17.5. The molecule has 0 aliphatic carbocycles. The number of nitrogens with one attached hydrogen (secondary N) is 2. The van der Waals surface area contributed by atoms with Gasteiger partial charge in [0.1, 0.15) is 23.4 Å². The summed E-state index contributed by atoms with van der Waals surface area (Å²) in [6.07, 6.45) is 3.10. The summed E-state index contributed by atoms with van der Waals surface area (Å²) < 4.78 is 10.7. The number of aliphatic hydroxyl groups is 1. The quantitative estimate of drug-likeness (QED) is 0.256. The Kier molecular flexibility index (Phi) is 11.0. The molecule has 1 atom stereocenters. The third kappa shape index (κ3) is 7.63. The summed E-state index contributed by atoms with van der Waals surface area (Å²) >= 11 is 0. The third-order valence-corrected chi connectivity index (χ3v) is 5.62. The van der Waals surface area contributed by atoms with Crippen LogP contribution in [0.1, 0.15) is 37.0 Å². The molecule has 2 aromatic rings. The maximum atomic E-state index is 10.7. The lowest BCUT2D eigenvalue weighted by Crippen LogP contribution is -2.49. The first kappa shape index (κ1) is 27.0. The van der Waals surface area contributed by atoms with Crippen LogP contribution in [0.4, 0.5) is 5.82 Å². The normalized spacial score (nSPS) is 15.4. The van der Waals surface area contributed by atoms with Gasteiger partial charge >= 0.3 is 0 Å². The zero-order valence-corrected chi connectivity index (χ0v) is 22.2. The number of aryl methyl sites for hydroxylation is 1. The molecule has 0 saturated carbocycles. The number of aliphatic hydroxyl groups excluding tert-OH is 1. The van der Waals surface area contributed by atoms with Gasteiger partial charge in [-0.1, -0.05) is 6.07 Å². The van der Waals surface area contributed by atoms with Crippen molar-refractivity contribution in [1.29, 1.82) is 0 Å². The van der Waals surface area contributed by atoms with E-state index in [0.29, 0.717) is 29.1 Å². The number of aromatic nitrogens is 1. The van der Waals surface area contributed by atoms with Crippen molar-refractivity contribution < 1.29 is 14.6 Å². The molecular weight excluding hydrogens is 533 g/mol. The van der Waals surface area contributed by atoms with Gasteiger partial charge in [-0.2, -0.15) is 0 Å². The summed E-state index contributed by atoms with van der Waals surface area (Å²) in [6.45, 7) is 6.93. The zero-order chi connectivity index (χ0) is 22.9. The number of hydrogen-bond donors (Lipinski definition) is 3. The topological polar surface area (TPSA) is 91.2 Å². The average Bonchev–Trinajstić information content (AvgIpc) is 2.83. The molecule has 0 spiro atoms. The number of anilines is 1. The number of rotatable bonds is 8. The maximum absolute atomic E-state index is 10.7. The predicted molar refractivity (Wildman–Crippen MR) is 143 cm³/mol. The van der Waals surface area contributed by atoms with E-state index < -0.39 is 6.10 Å². The van der Waals surface area contributed by atoms with Gasteiger partial charge in [-0.05, 0) is 56.5 Å². The molecule has 33 heavy (non-hydrogen) atoms. The van der Waals surface area contributed by atoms with Crippen LogP contribution in [0.2, 0.25) is 0 Å². The summed E-state index contributed by atoms with van der Waals surface area (Å²) in [6, 6.07) is 9.89. The van der Waals surface area contributed by atoms with Crippen molar-refractivity contribution in [2.45, 2.75) is 38.8 Å². The number of hydrogen-bond acceptors (Lipinski definition) is 6. The number of halogens is 1. The van der Waals surface area contributed by atoms with E-state index in [2.05, 4.69) is 44.6 Å². The van der Waals surface area contributed by atoms with E-state index in [1.807, 2.05) is 19.2 Å². The van der Waals surface area contributed by atoms with Gasteiger partial charge in [0.2, 0.25) is 0 Å². The van der Waals surface area contributed by atoms with Crippen LogP contribution in [0.25, 0.3) is 0 Å². The molecule has 1 fully saturated rings. The molecule has 0 radical (unpaired) electrons. The van der Waals surface area contributed by atoms with Crippen LogP contribution < -0.4 is 25.0 Å². The second-order valence-corrected chi connectivity index (χ2v) is 7.94. The fourth-order valence-corrected chi connectivity index (χ4v) is 3.79. The maximum Gasteiger partial charge on any atom is 0.191 e. The van der Waals surface area contributed by atoms with Crippen molar-refractivity contribution in [3.8, 4) is 11.5 Å². The standard InChI is InChI=1S/C24H35N5O3.HI/c1-5-25-24(27-16-21(30)20-14-19(31-3)7-8-22(20)32-4)28-18-10-12-29(13-11-18)23-9-6-17(2)15-26-23;/h6-9,14-15,18,21,30H,5,10-13,16H2,1-4H3,(H2,25,27,28);1H. The molecule has 1 saturated heterocycles. The fourth-order valence-electron chi connectivity index (χ4n) is 3.79. The molecule has 1 unspecified atom stereocenters. The highest BCUT2D eigenvalue weighted by molar-refractivity contribution is 14.0. The minimum atomic E-state index is -0.801. The van der Waals surface area contributed by atoms with Crippen molar-refractivity contribution in [3.05, 3.63) is 47.7 Å². The van der Waals surface area contributed by atoms with Gasteiger partial charge in [-0.3, -0.25) is 4.99 Å². The molecule has 2 heterocycles. The molecule has 8 nitrogen and oxygen atoms in total. The Hall–Kier alpha value is -2.27. The van der Waals surface area contributed by atoms with Gasteiger partial charge in [-0.15, -0.1) is 24.0 Å². The Bertz CT molecular complexity index is 886. The van der Waals surface area contributed by atoms with Crippen LogP contribution in [0.15, 0.2) is 41.5 Å². The summed E-state index contributed by atoms with van der Waals surface area (Å²) in [7, 11) is 3.19. The third-order valence-electron chi connectivity index (χ3n) is 5.62. The van der Waals surface area contributed by atoms with Crippen molar-refractivity contribution in [2.24, 2.45) is 4.99 Å². The molecule has 182 valence electrons. The second-order valence-electron chi connectivity index (χ2n) is 7.94. The highest BCUT2D eigenvalue weighted by Gasteiger charge is 2.21. The largest absolute Gasteiger partial charge is 0.497 e. The molecule has 9 heteroatoms. The van der Waals surface area contributed by atoms with E-state index in [1.54, 1.807) is 26.4 Å². The number of methoxy groups -OCH3 is 2. The number of nitrogens with zero attached hydrogens (tertiary/aromatic N) is 3. The molecule has 3 rings (SSSR count). The molecular formula is C24H36IN5O3. The molecule has 0 bridgehead atoms. The first-order chi connectivity index (χ1) is 15.5. The van der Waals surface area contributed by atoms with Crippen molar-refractivity contribution in [3.63, 3.8) is 0 Å². The first-order valence-electron chi connectivity index (χ1n) is 11.2. The van der Waals surface area contributed by atoms with Gasteiger partial charge in [0.05, 0.1) is 20.8 Å². The number of aliphatic imine (C=N–C) groups is 1.